The van der Waals surface area contributed by atoms with E-state index in [0.717, 1.165) is 38.5 Å². The van der Waals surface area contributed by atoms with Crippen molar-refractivity contribution in [1.82, 2.24) is 5.32 Å². The zero-order valence-electron chi connectivity index (χ0n) is 23.9. The van der Waals surface area contributed by atoms with Gasteiger partial charge in [0.15, 0.2) is 0 Å². The number of carbonyl (C=O) groups is 1. The van der Waals surface area contributed by atoms with E-state index in [2.05, 4.69) is 31.3 Å². The van der Waals surface area contributed by atoms with Crippen LogP contribution in [0.25, 0.3) is 0 Å². The molecule has 0 aromatic heterocycles. The van der Waals surface area contributed by atoms with Gasteiger partial charge in [-0.25, -0.2) is 0 Å². The van der Waals surface area contributed by atoms with Crippen LogP contribution in [0.3, 0.4) is 0 Å². The number of unbranched alkanes of at least 4 members (excludes halogenated alkanes) is 17. The first kappa shape index (κ1) is 35.1. The molecular weight excluding hydrogens is 450 g/mol. The molecule has 3 unspecified atom stereocenters. The van der Waals surface area contributed by atoms with E-state index in [1.165, 1.54) is 89.9 Å². The number of rotatable bonds is 27. The van der Waals surface area contributed by atoms with Crippen LogP contribution in [-0.2, 0) is 4.79 Å². The Morgan fingerprint density at radius 1 is 0.667 bits per heavy atom. The molecule has 0 spiro atoms. The van der Waals surface area contributed by atoms with Gasteiger partial charge in [0.05, 0.1) is 18.8 Å². The predicted octanol–water partition coefficient (Wildman–Crippen LogP) is 7.36. The number of hydrogen-bond donors (Lipinski definition) is 4. The number of hydrogen-bond acceptors (Lipinski definition) is 4. The van der Waals surface area contributed by atoms with E-state index in [4.69, 9.17) is 0 Å². The molecule has 3 atom stereocenters. The van der Waals surface area contributed by atoms with Crippen LogP contribution >= 0.6 is 0 Å². The average Bonchev–Trinajstić information content (AvgIpc) is 2.88. The fourth-order valence-corrected chi connectivity index (χ4v) is 4.63. The lowest BCUT2D eigenvalue weighted by Crippen LogP contribution is -2.50. The van der Waals surface area contributed by atoms with Gasteiger partial charge in [-0.3, -0.25) is 4.79 Å². The van der Waals surface area contributed by atoms with Crippen LogP contribution < -0.4 is 5.32 Å². The minimum absolute atomic E-state index is 0.159. The van der Waals surface area contributed by atoms with Gasteiger partial charge in [-0.1, -0.05) is 122 Å². The highest BCUT2D eigenvalue weighted by Gasteiger charge is 2.26. The van der Waals surface area contributed by atoms with E-state index in [9.17, 15) is 20.1 Å². The van der Waals surface area contributed by atoms with Gasteiger partial charge >= 0.3 is 0 Å². The van der Waals surface area contributed by atoms with Gasteiger partial charge in [0.25, 0.3) is 0 Å². The number of carbonyl (C=O) groups excluding carboxylic acids is 1. The molecule has 4 N–H and O–H groups in total. The van der Waals surface area contributed by atoms with Crippen molar-refractivity contribution >= 4 is 5.91 Å². The molecule has 0 radical (unpaired) electrons. The van der Waals surface area contributed by atoms with Crippen LogP contribution in [0.15, 0.2) is 12.2 Å². The zero-order chi connectivity index (χ0) is 26.7. The van der Waals surface area contributed by atoms with Crippen molar-refractivity contribution in [3.8, 4) is 0 Å². The molecule has 5 nitrogen and oxygen atoms in total. The van der Waals surface area contributed by atoms with E-state index in [-0.39, 0.29) is 12.5 Å². The molecule has 0 saturated heterocycles. The summed E-state index contributed by atoms with van der Waals surface area (Å²) in [5.41, 5.74) is 0. The van der Waals surface area contributed by atoms with Crippen molar-refractivity contribution in [2.45, 2.75) is 173 Å². The highest BCUT2D eigenvalue weighted by Crippen LogP contribution is 2.13. The van der Waals surface area contributed by atoms with Crippen molar-refractivity contribution in [1.29, 1.82) is 0 Å². The molecule has 0 aromatic rings. The zero-order valence-corrected chi connectivity index (χ0v) is 23.9. The first-order valence-electron chi connectivity index (χ1n) is 15.5. The molecule has 0 fully saturated rings. The first-order valence-corrected chi connectivity index (χ1v) is 15.5. The van der Waals surface area contributed by atoms with Crippen LogP contribution in [0.1, 0.15) is 155 Å². The number of allylic oxidation sites excluding steroid dienone is 2. The van der Waals surface area contributed by atoms with E-state index in [1.807, 2.05) is 0 Å². The van der Waals surface area contributed by atoms with Gasteiger partial charge < -0.3 is 20.6 Å². The summed E-state index contributed by atoms with van der Waals surface area (Å²) in [7, 11) is 0. The maximum Gasteiger partial charge on any atom is 0.220 e. The van der Waals surface area contributed by atoms with E-state index in [1.54, 1.807) is 0 Å². The lowest BCUT2D eigenvalue weighted by molar-refractivity contribution is -0.124. The lowest BCUT2D eigenvalue weighted by Gasteiger charge is -2.26. The number of aliphatic hydroxyl groups excluding tert-OH is 3. The van der Waals surface area contributed by atoms with Crippen molar-refractivity contribution < 1.29 is 20.1 Å². The maximum atomic E-state index is 12.2. The third kappa shape index (κ3) is 22.3. The summed E-state index contributed by atoms with van der Waals surface area (Å²) >= 11 is 0. The summed E-state index contributed by atoms with van der Waals surface area (Å²) in [6.07, 6.45) is 27.3. The monoisotopic (exact) mass is 511 g/mol. The second-order valence-corrected chi connectivity index (χ2v) is 10.7. The third-order valence-corrected chi connectivity index (χ3v) is 7.12. The minimum Gasteiger partial charge on any atom is -0.394 e. The lowest BCUT2D eigenvalue weighted by atomic mass is 10.0. The van der Waals surface area contributed by atoms with Crippen molar-refractivity contribution in [3.63, 3.8) is 0 Å². The number of nitrogens with one attached hydrogen (secondary N) is 1. The molecule has 0 saturated carbocycles. The Labute approximate surface area is 223 Å². The fourth-order valence-electron chi connectivity index (χ4n) is 4.63. The molecule has 5 heteroatoms. The number of aliphatic hydroxyl groups is 3. The van der Waals surface area contributed by atoms with E-state index in [0.29, 0.717) is 12.8 Å². The van der Waals surface area contributed by atoms with Crippen molar-refractivity contribution in [2.24, 2.45) is 0 Å². The molecule has 0 aliphatic carbocycles. The Hall–Kier alpha value is -0.910. The van der Waals surface area contributed by atoms with Crippen LogP contribution in [0, 0.1) is 0 Å². The molecule has 0 aliphatic rings. The van der Waals surface area contributed by atoms with Gasteiger partial charge in [0, 0.05) is 6.42 Å². The van der Waals surface area contributed by atoms with Crippen LogP contribution in [0.2, 0.25) is 0 Å². The van der Waals surface area contributed by atoms with Gasteiger partial charge in [-0.15, -0.1) is 0 Å². The maximum absolute atomic E-state index is 12.2. The SMILES string of the molecule is CCCCCCCCC/C=C/CCCC(O)C(O)C(CO)NC(=O)CCCCCCCCCCCC. The molecule has 0 aromatic carbocycles. The normalized spacial score (nSPS) is 14.2. The van der Waals surface area contributed by atoms with E-state index >= 15 is 0 Å². The van der Waals surface area contributed by atoms with Crippen molar-refractivity contribution in [2.75, 3.05) is 6.61 Å². The molecule has 0 aliphatic heterocycles. The number of amides is 1. The molecule has 0 bridgehead atoms. The van der Waals surface area contributed by atoms with Crippen LogP contribution in [0.4, 0.5) is 0 Å². The van der Waals surface area contributed by atoms with Gasteiger partial charge in [-0.2, -0.15) is 0 Å². The second kappa shape index (κ2) is 27.1. The molecule has 0 heterocycles. The Bertz CT molecular complexity index is 497. The third-order valence-electron chi connectivity index (χ3n) is 7.12. The van der Waals surface area contributed by atoms with E-state index < -0.39 is 18.2 Å². The Morgan fingerprint density at radius 2 is 1.11 bits per heavy atom. The standard InChI is InChI=1S/C31H61NO4/c1-3-5-7-9-11-13-15-16-17-19-21-23-25-29(34)31(36)28(27-33)32-30(35)26-24-22-20-18-14-12-10-8-6-4-2/h17,19,28-29,31,33-34,36H,3-16,18,20-27H2,1-2H3,(H,32,35)/b19-17+. The summed E-state index contributed by atoms with van der Waals surface area (Å²) < 4.78 is 0. The summed E-state index contributed by atoms with van der Waals surface area (Å²) in [5, 5.41) is 33.1. The summed E-state index contributed by atoms with van der Waals surface area (Å²) in [6, 6.07) is -0.816. The predicted molar refractivity (Wildman–Crippen MR) is 153 cm³/mol. The highest BCUT2D eigenvalue weighted by molar-refractivity contribution is 5.76. The summed E-state index contributed by atoms with van der Waals surface area (Å²) in [4.78, 5) is 12.2. The minimum atomic E-state index is -1.15. The highest BCUT2D eigenvalue weighted by atomic mass is 16.3. The second-order valence-electron chi connectivity index (χ2n) is 10.7. The topological polar surface area (TPSA) is 89.8 Å². The Balaban J connectivity index is 3.81. The van der Waals surface area contributed by atoms with Crippen LogP contribution in [-0.4, -0.2) is 46.1 Å². The largest absolute Gasteiger partial charge is 0.394 e. The molecule has 1 amide bonds. The van der Waals surface area contributed by atoms with Crippen molar-refractivity contribution in [3.05, 3.63) is 12.2 Å². The first-order chi connectivity index (χ1) is 17.6. The summed E-state index contributed by atoms with van der Waals surface area (Å²) in [6.45, 7) is 4.11. The van der Waals surface area contributed by atoms with Gasteiger partial charge in [0.2, 0.25) is 5.91 Å². The average molecular weight is 512 g/mol. The molecule has 36 heavy (non-hydrogen) atoms. The quantitative estimate of drug-likeness (QED) is 0.0685. The summed E-state index contributed by atoms with van der Waals surface area (Å²) in [5.74, 6) is -0.159. The van der Waals surface area contributed by atoms with Gasteiger partial charge in [0.1, 0.15) is 6.10 Å². The fraction of sp³-hybridized carbons (Fsp3) is 0.903. The van der Waals surface area contributed by atoms with Gasteiger partial charge in [-0.05, 0) is 38.5 Å². The molecule has 214 valence electrons. The molecular formula is C31H61NO4. The van der Waals surface area contributed by atoms with Crippen LogP contribution in [0.5, 0.6) is 0 Å². The Kier molecular flexibility index (Phi) is 26.4. The molecule has 0 rings (SSSR count). The Morgan fingerprint density at radius 3 is 1.61 bits per heavy atom. The smallest absolute Gasteiger partial charge is 0.220 e.